The molecule has 21 heavy (non-hydrogen) atoms. The Morgan fingerprint density at radius 1 is 1.29 bits per heavy atom. The number of methoxy groups -OCH3 is 1. The fraction of sp³-hybridized carbons (Fsp3) is 0.600. The normalized spacial score (nSPS) is 12.4. The van der Waals surface area contributed by atoms with E-state index in [1.165, 1.54) is 6.07 Å². The highest BCUT2D eigenvalue weighted by Gasteiger charge is 2.34. The van der Waals surface area contributed by atoms with Gasteiger partial charge in [-0.2, -0.15) is 13.2 Å². The van der Waals surface area contributed by atoms with Crippen molar-refractivity contribution in [3.8, 4) is 5.75 Å². The minimum Gasteiger partial charge on any atom is -0.507 e. The molecule has 0 aromatic heterocycles. The number of aromatic hydroxyl groups is 1. The zero-order valence-corrected chi connectivity index (χ0v) is 12.6. The zero-order chi connectivity index (χ0) is 16.0. The van der Waals surface area contributed by atoms with Gasteiger partial charge in [0.05, 0.1) is 12.2 Å². The first kappa shape index (κ1) is 17.8. The van der Waals surface area contributed by atoms with Crippen LogP contribution in [-0.4, -0.2) is 36.8 Å². The van der Waals surface area contributed by atoms with Crippen molar-refractivity contribution in [3.63, 3.8) is 0 Å². The quantitative estimate of drug-likeness (QED) is 0.836. The van der Waals surface area contributed by atoms with E-state index in [1.54, 1.807) is 7.11 Å². The minimum atomic E-state index is -4.55. The van der Waals surface area contributed by atoms with Gasteiger partial charge in [0.15, 0.2) is 0 Å². The minimum absolute atomic E-state index is 0.394. The summed E-state index contributed by atoms with van der Waals surface area (Å²) in [5.74, 6) is -0.334. The highest BCUT2D eigenvalue weighted by molar-refractivity contribution is 5.38. The summed E-state index contributed by atoms with van der Waals surface area (Å²) in [5.41, 5.74) is -0.465. The van der Waals surface area contributed by atoms with Crippen molar-refractivity contribution < 1.29 is 23.0 Å². The molecule has 0 aliphatic heterocycles. The highest BCUT2D eigenvalue weighted by Crippen LogP contribution is 2.36. The van der Waals surface area contributed by atoms with Gasteiger partial charge in [-0.15, -0.1) is 0 Å². The molecule has 1 aromatic carbocycles. The van der Waals surface area contributed by atoms with Gasteiger partial charge < -0.3 is 9.84 Å². The predicted octanol–water partition coefficient (Wildman–Crippen LogP) is 3.52. The van der Waals surface area contributed by atoms with E-state index in [-0.39, 0.29) is 0 Å². The number of benzene rings is 1. The van der Waals surface area contributed by atoms with Gasteiger partial charge in [0.25, 0.3) is 0 Å². The Labute approximate surface area is 123 Å². The maximum absolute atomic E-state index is 12.8. The third kappa shape index (κ3) is 5.93. The molecule has 0 heterocycles. The Kier molecular flexibility index (Phi) is 6.48. The van der Waals surface area contributed by atoms with Gasteiger partial charge in [0.2, 0.25) is 0 Å². The van der Waals surface area contributed by atoms with Crippen LogP contribution in [0.4, 0.5) is 13.2 Å². The highest BCUT2D eigenvalue weighted by atomic mass is 19.4. The second kappa shape index (κ2) is 7.66. The van der Waals surface area contributed by atoms with E-state index in [1.807, 2.05) is 4.90 Å². The molecule has 0 radical (unpaired) electrons. The predicted molar refractivity (Wildman–Crippen MR) is 75.1 cm³/mol. The van der Waals surface area contributed by atoms with Crippen molar-refractivity contribution in [2.45, 2.75) is 26.6 Å². The van der Waals surface area contributed by atoms with Crippen molar-refractivity contribution in [2.75, 3.05) is 26.8 Å². The summed E-state index contributed by atoms with van der Waals surface area (Å²) in [6.45, 7) is 6.44. The lowest BCUT2D eigenvalue weighted by Gasteiger charge is -2.24. The maximum atomic E-state index is 12.8. The number of phenols is 1. The molecule has 1 rings (SSSR count). The molecule has 0 amide bonds. The smallest absolute Gasteiger partial charge is 0.419 e. The molecule has 6 heteroatoms. The molecule has 0 bridgehead atoms. The van der Waals surface area contributed by atoms with Crippen LogP contribution in [0.25, 0.3) is 0 Å². The molecule has 0 atom stereocenters. The average Bonchev–Trinajstić information content (AvgIpc) is 2.36. The Morgan fingerprint density at radius 3 is 2.48 bits per heavy atom. The SMILES string of the molecule is COCCN(Cc1ccc(O)c(C(F)(F)F)c1)CC(C)C. The van der Waals surface area contributed by atoms with Gasteiger partial charge in [-0.3, -0.25) is 4.90 Å². The molecule has 1 N–H and O–H groups in total. The van der Waals surface area contributed by atoms with Crippen LogP contribution in [0.3, 0.4) is 0 Å². The maximum Gasteiger partial charge on any atom is 0.419 e. The first-order chi connectivity index (χ1) is 9.74. The Bertz CT molecular complexity index is 447. The molecule has 3 nitrogen and oxygen atoms in total. The van der Waals surface area contributed by atoms with Crippen LogP contribution in [0.1, 0.15) is 25.0 Å². The van der Waals surface area contributed by atoms with Crippen LogP contribution in [-0.2, 0) is 17.5 Å². The zero-order valence-electron chi connectivity index (χ0n) is 12.6. The van der Waals surface area contributed by atoms with Crippen molar-refractivity contribution in [1.82, 2.24) is 4.90 Å². The van der Waals surface area contributed by atoms with Crippen LogP contribution < -0.4 is 0 Å². The second-order valence-corrected chi connectivity index (χ2v) is 5.47. The molecular formula is C15H22F3NO2. The van der Waals surface area contributed by atoms with E-state index in [2.05, 4.69) is 13.8 Å². The van der Waals surface area contributed by atoms with Crippen LogP contribution in [0, 0.1) is 5.92 Å². The number of halogens is 3. The van der Waals surface area contributed by atoms with Crippen molar-refractivity contribution in [1.29, 1.82) is 0 Å². The number of hydrogen-bond donors (Lipinski definition) is 1. The molecule has 0 saturated heterocycles. The van der Waals surface area contributed by atoms with Gasteiger partial charge in [-0.1, -0.05) is 19.9 Å². The Hall–Kier alpha value is -1.27. The third-order valence-corrected chi connectivity index (χ3v) is 3.01. The number of nitrogens with zero attached hydrogens (tertiary/aromatic N) is 1. The fourth-order valence-corrected chi connectivity index (χ4v) is 2.14. The van der Waals surface area contributed by atoms with Gasteiger partial charge in [0, 0.05) is 26.7 Å². The summed E-state index contributed by atoms with van der Waals surface area (Å²) in [6, 6.07) is 3.63. The molecule has 0 aliphatic carbocycles. The molecular weight excluding hydrogens is 283 g/mol. The number of rotatable bonds is 7. The summed E-state index contributed by atoms with van der Waals surface area (Å²) >= 11 is 0. The number of alkyl halides is 3. The van der Waals surface area contributed by atoms with Gasteiger partial charge in [-0.25, -0.2) is 0 Å². The third-order valence-electron chi connectivity index (χ3n) is 3.01. The average molecular weight is 305 g/mol. The van der Waals surface area contributed by atoms with E-state index in [0.717, 1.165) is 18.7 Å². The van der Waals surface area contributed by atoms with E-state index < -0.39 is 17.5 Å². The Morgan fingerprint density at radius 2 is 1.95 bits per heavy atom. The van der Waals surface area contributed by atoms with E-state index in [9.17, 15) is 18.3 Å². The Balaban J connectivity index is 2.88. The summed E-state index contributed by atoms with van der Waals surface area (Å²) in [6.07, 6.45) is -4.55. The van der Waals surface area contributed by atoms with Crippen molar-refractivity contribution in [2.24, 2.45) is 5.92 Å². The van der Waals surface area contributed by atoms with Crippen LogP contribution in [0.15, 0.2) is 18.2 Å². The second-order valence-electron chi connectivity index (χ2n) is 5.47. The molecule has 0 saturated carbocycles. The van der Waals surface area contributed by atoms with Gasteiger partial charge in [0.1, 0.15) is 5.75 Å². The molecule has 1 aromatic rings. The molecule has 120 valence electrons. The largest absolute Gasteiger partial charge is 0.507 e. The van der Waals surface area contributed by atoms with Gasteiger partial charge in [-0.05, 0) is 23.6 Å². The monoisotopic (exact) mass is 305 g/mol. The lowest BCUT2D eigenvalue weighted by Crippen LogP contribution is -2.30. The summed E-state index contributed by atoms with van der Waals surface area (Å²) in [5, 5.41) is 9.34. The van der Waals surface area contributed by atoms with E-state index in [4.69, 9.17) is 4.74 Å². The lowest BCUT2D eigenvalue weighted by molar-refractivity contribution is -0.138. The summed E-state index contributed by atoms with van der Waals surface area (Å²) in [7, 11) is 1.59. The van der Waals surface area contributed by atoms with Gasteiger partial charge >= 0.3 is 6.18 Å². The number of ether oxygens (including phenoxy) is 1. The topological polar surface area (TPSA) is 32.7 Å². The summed E-state index contributed by atoms with van der Waals surface area (Å²) < 4.78 is 43.4. The lowest BCUT2D eigenvalue weighted by atomic mass is 10.1. The first-order valence-corrected chi connectivity index (χ1v) is 6.84. The van der Waals surface area contributed by atoms with E-state index in [0.29, 0.717) is 31.2 Å². The van der Waals surface area contributed by atoms with Crippen molar-refractivity contribution >= 4 is 0 Å². The molecule has 0 aliphatic rings. The standard InChI is InChI=1S/C15H22F3NO2/c1-11(2)9-19(6-7-21-3)10-12-4-5-14(20)13(8-12)15(16,17)18/h4-5,8,11,20H,6-7,9-10H2,1-3H3. The van der Waals surface area contributed by atoms with Crippen molar-refractivity contribution in [3.05, 3.63) is 29.3 Å². The number of phenolic OH excluding ortho intramolecular Hbond substituents is 1. The molecule has 0 unspecified atom stereocenters. The molecule has 0 spiro atoms. The van der Waals surface area contributed by atoms with Crippen LogP contribution in [0.2, 0.25) is 0 Å². The molecule has 0 fully saturated rings. The first-order valence-electron chi connectivity index (χ1n) is 6.84. The van der Waals surface area contributed by atoms with E-state index >= 15 is 0 Å². The van der Waals surface area contributed by atoms with Crippen LogP contribution >= 0.6 is 0 Å². The van der Waals surface area contributed by atoms with Crippen LogP contribution in [0.5, 0.6) is 5.75 Å². The fourth-order valence-electron chi connectivity index (χ4n) is 2.14. The summed E-state index contributed by atoms with van der Waals surface area (Å²) in [4.78, 5) is 2.04. The number of hydrogen-bond acceptors (Lipinski definition) is 3.